The van der Waals surface area contributed by atoms with Crippen molar-refractivity contribution in [2.45, 2.75) is 24.1 Å². The van der Waals surface area contributed by atoms with Crippen molar-refractivity contribution in [3.8, 4) is 0 Å². The summed E-state index contributed by atoms with van der Waals surface area (Å²) in [6.45, 7) is 2.02. The zero-order valence-electron chi connectivity index (χ0n) is 12.9. The van der Waals surface area contributed by atoms with Gasteiger partial charge in [-0.15, -0.1) is 11.3 Å². The third-order valence-corrected chi connectivity index (χ3v) is 5.62. The van der Waals surface area contributed by atoms with Crippen molar-refractivity contribution in [1.29, 1.82) is 0 Å². The Balaban J connectivity index is 1.43. The molecule has 1 amide bonds. The highest BCUT2D eigenvalue weighted by Crippen LogP contribution is 2.29. The maximum absolute atomic E-state index is 11.9. The minimum atomic E-state index is 0.0699. The van der Waals surface area contributed by atoms with Crippen LogP contribution in [-0.4, -0.2) is 16.6 Å². The van der Waals surface area contributed by atoms with Crippen LogP contribution >= 0.6 is 23.1 Å². The molecule has 0 aliphatic rings. The van der Waals surface area contributed by atoms with Gasteiger partial charge in [-0.05, 0) is 43.2 Å². The Labute approximate surface area is 144 Å². The fraction of sp³-hybridized carbons (Fsp3) is 0.222. The van der Waals surface area contributed by atoms with Crippen molar-refractivity contribution in [3.05, 3.63) is 54.1 Å². The average molecular weight is 342 g/mol. The van der Waals surface area contributed by atoms with E-state index >= 15 is 0 Å². The van der Waals surface area contributed by atoms with E-state index in [0.29, 0.717) is 6.42 Å². The lowest BCUT2D eigenvalue weighted by Crippen LogP contribution is -2.11. The number of aryl methyl sites for hydroxylation is 1. The molecule has 0 aliphatic heterocycles. The van der Waals surface area contributed by atoms with E-state index < -0.39 is 0 Å². The Bertz CT molecular complexity index is 780. The molecule has 1 aromatic heterocycles. The number of hydrogen-bond donors (Lipinski definition) is 1. The number of hydrogen-bond acceptors (Lipinski definition) is 4. The van der Waals surface area contributed by atoms with Crippen LogP contribution in [0.5, 0.6) is 0 Å². The highest BCUT2D eigenvalue weighted by Gasteiger charge is 2.06. The maximum Gasteiger partial charge on any atom is 0.224 e. The average Bonchev–Trinajstić information content (AvgIpc) is 2.94. The summed E-state index contributed by atoms with van der Waals surface area (Å²) >= 11 is 3.44. The zero-order valence-corrected chi connectivity index (χ0v) is 14.5. The number of carbonyl (C=O) groups excluding carboxylic acids is 1. The fourth-order valence-electron chi connectivity index (χ4n) is 2.25. The third-order valence-electron chi connectivity index (χ3n) is 3.35. The fourth-order valence-corrected chi connectivity index (χ4v) is 4.33. The molecular weight excluding hydrogens is 324 g/mol. The normalized spacial score (nSPS) is 10.8. The van der Waals surface area contributed by atoms with E-state index in [1.165, 1.54) is 4.70 Å². The van der Waals surface area contributed by atoms with E-state index in [0.717, 1.165) is 33.3 Å². The number of fused-ring (bicyclic) bond motifs is 1. The molecule has 1 N–H and O–H groups in total. The lowest BCUT2D eigenvalue weighted by molar-refractivity contribution is -0.116. The first kappa shape index (κ1) is 16.0. The smallest absolute Gasteiger partial charge is 0.224 e. The summed E-state index contributed by atoms with van der Waals surface area (Å²) in [5, 5.41) is 2.94. The van der Waals surface area contributed by atoms with E-state index in [4.69, 9.17) is 0 Å². The van der Waals surface area contributed by atoms with Gasteiger partial charge in [0.2, 0.25) is 5.91 Å². The van der Waals surface area contributed by atoms with E-state index in [2.05, 4.69) is 16.4 Å². The quantitative estimate of drug-likeness (QED) is 0.499. The summed E-state index contributed by atoms with van der Waals surface area (Å²) in [7, 11) is 0. The maximum atomic E-state index is 11.9. The Hall–Kier alpha value is -1.85. The van der Waals surface area contributed by atoms with Crippen LogP contribution in [0.4, 0.5) is 5.69 Å². The monoisotopic (exact) mass is 342 g/mol. The van der Waals surface area contributed by atoms with Gasteiger partial charge in [0, 0.05) is 17.9 Å². The number of carbonyl (C=O) groups is 1. The summed E-state index contributed by atoms with van der Waals surface area (Å²) in [4.78, 5) is 16.5. The molecule has 5 heteroatoms. The van der Waals surface area contributed by atoms with E-state index in [1.807, 2.05) is 49.4 Å². The van der Waals surface area contributed by atoms with E-state index in [1.54, 1.807) is 23.1 Å². The molecule has 0 fully saturated rings. The van der Waals surface area contributed by atoms with Crippen molar-refractivity contribution in [1.82, 2.24) is 4.98 Å². The predicted molar refractivity (Wildman–Crippen MR) is 99.4 cm³/mol. The van der Waals surface area contributed by atoms with Crippen LogP contribution < -0.4 is 5.32 Å². The highest BCUT2D eigenvalue weighted by molar-refractivity contribution is 8.01. The van der Waals surface area contributed by atoms with E-state index in [9.17, 15) is 4.79 Å². The first-order valence-electron chi connectivity index (χ1n) is 7.55. The summed E-state index contributed by atoms with van der Waals surface area (Å²) < 4.78 is 2.29. The number of rotatable bonds is 6. The number of aromatic nitrogens is 1. The second-order valence-corrected chi connectivity index (χ2v) is 7.69. The van der Waals surface area contributed by atoms with Gasteiger partial charge in [0.05, 0.1) is 10.2 Å². The molecule has 0 unspecified atom stereocenters. The van der Waals surface area contributed by atoms with Gasteiger partial charge in [-0.25, -0.2) is 4.98 Å². The topological polar surface area (TPSA) is 42.0 Å². The van der Waals surface area contributed by atoms with Gasteiger partial charge in [-0.2, -0.15) is 0 Å². The molecule has 0 radical (unpaired) electrons. The van der Waals surface area contributed by atoms with Gasteiger partial charge in [-0.1, -0.05) is 36.0 Å². The van der Waals surface area contributed by atoms with Gasteiger partial charge < -0.3 is 5.32 Å². The molecule has 2 aromatic carbocycles. The van der Waals surface area contributed by atoms with Crippen LogP contribution in [0.15, 0.2) is 52.9 Å². The molecule has 0 aliphatic carbocycles. The number of benzene rings is 2. The number of amides is 1. The van der Waals surface area contributed by atoms with Crippen LogP contribution in [0.1, 0.15) is 18.4 Å². The number of nitrogens with one attached hydrogen (secondary N) is 1. The summed E-state index contributed by atoms with van der Waals surface area (Å²) in [6, 6.07) is 16.0. The predicted octanol–water partition coefficient (Wildman–Crippen LogP) is 5.12. The Morgan fingerprint density at radius 3 is 2.91 bits per heavy atom. The van der Waals surface area contributed by atoms with Crippen LogP contribution in [0.2, 0.25) is 0 Å². The van der Waals surface area contributed by atoms with Gasteiger partial charge in [0.25, 0.3) is 0 Å². The van der Waals surface area contributed by atoms with Crippen molar-refractivity contribution in [3.63, 3.8) is 0 Å². The minimum absolute atomic E-state index is 0.0699. The standard InChI is InChI=1S/C18H18N2OS2/c1-13-6-4-7-14(12-13)19-17(21)10-5-11-22-18-20-15-8-2-3-9-16(15)23-18/h2-4,6-9,12H,5,10-11H2,1H3,(H,19,21). The lowest BCUT2D eigenvalue weighted by atomic mass is 10.2. The Kier molecular flexibility index (Phi) is 5.31. The molecule has 0 saturated heterocycles. The third kappa shape index (κ3) is 4.56. The molecule has 118 valence electrons. The lowest BCUT2D eigenvalue weighted by Gasteiger charge is -2.05. The number of para-hydroxylation sites is 1. The molecule has 3 aromatic rings. The molecule has 0 spiro atoms. The molecular formula is C18H18N2OS2. The molecule has 3 rings (SSSR count). The van der Waals surface area contributed by atoms with Crippen molar-refractivity contribution in [2.75, 3.05) is 11.1 Å². The first-order valence-corrected chi connectivity index (χ1v) is 9.36. The van der Waals surface area contributed by atoms with Gasteiger partial charge >= 0.3 is 0 Å². The van der Waals surface area contributed by atoms with Gasteiger partial charge in [0.1, 0.15) is 0 Å². The summed E-state index contributed by atoms with van der Waals surface area (Å²) in [5.41, 5.74) is 3.07. The van der Waals surface area contributed by atoms with Crippen LogP contribution in [0, 0.1) is 6.92 Å². The SMILES string of the molecule is Cc1cccc(NC(=O)CCCSc2nc3ccccc3s2)c1. The van der Waals surface area contributed by atoms with Crippen molar-refractivity contribution >= 4 is 44.9 Å². The van der Waals surface area contributed by atoms with Crippen molar-refractivity contribution in [2.24, 2.45) is 0 Å². The van der Waals surface area contributed by atoms with Crippen molar-refractivity contribution < 1.29 is 4.79 Å². The van der Waals surface area contributed by atoms with Crippen LogP contribution in [0.25, 0.3) is 10.2 Å². The zero-order chi connectivity index (χ0) is 16.1. The van der Waals surface area contributed by atoms with Gasteiger partial charge in [0.15, 0.2) is 4.34 Å². The number of thiazole rings is 1. The van der Waals surface area contributed by atoms with Crippen LogP contribution in [0.3, 0.4) is 0 Å². The number of nitrogens with zero attached hydrogens (tertiary/aromatic N) is 1. The summed E-state index contributed by atoms with van der Waals surface area (Å²) in [6.07, 6.45) is 1.38. The number of thioether (sulfide) groups is 1. The summed E-state index contributed by atoms with van der Waals surface area (Å²) in [5.74, 6) is 0.974. The Morgan fingerprint density at radius 2 is 2.09 bits per heavy atom. The second-order valence-electron chi connectivity index (χ2n) is 5.32. The Morgan fingerprint density at radius 1 is 1.22 bits per heavy atom. The molecule has 1 heterocycles. The molecule has 0 atom stereocenters. The molecule has 3 nitrogen and oxygen atoms in total. The molecule has 0 saturated carbocycles. The molecule has 0 bridgehead atoms. The van der Waals surface area contributed by atoms with E-state index in [-0.39, 0.29) is 5.91 Å². The first-order chi connectivity index (χ1) is 11.2. The van der Waals surface area contributed by atoms with Crippen LogP contribution in [-0.2, 0) is 4.79 Å². The van der Waals surface area contributed by atoms with Gasteiger partial charge in [-0.3, -0.25) is 4.79 Å². The molecule has 23 heavy (non-hydrogen) atoms. The highest BCUT2D eigenvalue weighted by atomic mass is 32.2. The minimum Gasteiger partial charge on any atom is -0.326 e. The largest absolute Gasteiger partial charge is 0.326 e. The number of anilines is 1. The second kappa shape index (κ2) is 7.62.